The van der Waals surface area contributed by atoms with Gasteiger partial charge in [0.1, 0.15) is 5.56 Å². The summed E-state index contributed by atoms with van der Waals surface area (Å²) in [6.45, 7) is 4.58. The molecule has 2 aromatic heterocycles. The number of likely N-dealkylation sites (N-methyl/N-ethyl adjacent to an activating group) is 1. The van der Waals surface area contributed by atoms with Crippen molar-refractivity contribution < 1.29 is 5.11 Å². The molecule has 0 radical (unpaired) electrons. The minimum atomic E-state index is -0.661. The zero-order valence-electron chi connectivity index (χ0n) is 17.7. The maximum atomic E-state index is 13.0. The number of aryl methyl sites for hydroxylation is 2. The molecule has 4 aromatic rings. The van der Waals surface area contributed by atoms with E-state index in [0.717, 1.165) is 46.3 Å². The highest BCUT2D eigenvalue weighted by Gasteiger charge is 2.34. The van der Waals surface area contributed by atoms with E-state index in [-0.39, 0.29) is 11.4 Å². The van der Waals surface area contributed by atoms with Crippen LogP contribution in [0.5, 0.6) is 5.88 Å². The Hall–Kier alpha value is -3.58. The van der Waals surface area contributed by atoms with Crippen LogP contribution in [0.25, 0.3) is 16.6 Å². The van der Waals surface area contributed by atoms with Gasteiger partial charge in [-0.05, 0) is 62.2 Å². The second kappa shape index (κ2) is 6.99. The fraction of sp³-hybridized carbons (Fsp3) is 0.250. The molecule has 0 saturated heterocycles. The summed E-state index contributed by atoms with van der Waals surface area (Å²) in [6, 6.07) is 13.1. The highest BCUT2D eigenvalue weighted by Crippen LogP contribution is 2.39. The van der Waals surface area contributed by atoms with E-state index in [1.807, 2.05) is 62.2 Å². The second-order valence-corrected chi connectivity index (χ2v) is 8.37. The lowest BCUT2D eigenvalue weighted by Gasteiger charge is -2.33. The number of fused-ring (bicyclic) bond motifs is 3. The van der Waals surface area contributed by atoms with Gasteiger partial charge in [-0.1, -0.05) is 24.3 Å². The Morgan fingerprint density at radius 2 is 1.74 bits per heavy atom. The summed E-state index contributed by atoms with van der Waals surface area (Å²) >= 11 is 0. The summed E-state index contributed by atoms with van der Waals surface area (Å²) in [5.74, 6) is -0.331. The van der Waals surface area contributed by atoms with Gasteiger partial charge in [-0.3, -0.25) is 14.7 Å². The number of hydrogen-bond donors (Lipinski definition) is 3. The molecule has 1 aliphatic heterocycles. The second-order valence-electron chi connectivity index (χ2n) is 8.37. The highest BCUT2D eigenvalue weighted by atomic mass is 16.3. The topological polar surface area (TPSA) is 94.1 Å². The van der Waals surface area contributed by atoms with Gasteiger partial charge in [0.2, 0.25) is 5.88 Å². The zero-order chi connectivity index (χ0) is 21.9. The quantitative estimate of drug-likeness (QED) is 0.468. The largest absolute Gasteiger partial charge is 0.494 e. The molecule has 1 aliphatic rings. The van der Waals surface area contributed by atoms with Crippen molar-refractivity contribution in [1.29, 1.82) is 0 Å². The molecule has 158 valence electrons. The summed E-state index contributed by atoms with van der Waals surface area (Å²) in [6.07, 6.45) is 0.835. The number of benzene rings is 2. The molecule has 0 fully saturated rings. The predicted octanol–water partition coefficient (Wildman–Crippen LogP) is 2.91. The predicted molar refractivity (Wildman–Crippen MR) is 120 cm³/mol. The molecule has 3 heterocycles. The molecule has 31 heavy (non-hydrogen) atoms. The first kappa shape index (κ1) is 19.4. The number of hydrogen-bond acceptors (Lipinski definition) is 4. The van der Waals surface area contributed by atoms with Crippen molar-refractivity contribution in [3.05, 3.63) is 91.3 Å². The number of para-hydroxylation sites is 1. The molecular weight excluding hydrogens is 392 g/mol. The lowest BCUT2D eigenvalue weighted by atomic mass is 9.93. The van der Waals surface area contributed by atoms with Gasteiger partial charge in [-0.15, -0.1) is 0 Å². The van der Waals surface area contributed by atoms with Crippen LogP contribution in [0.3, 0.4) is 0 Å². The molecule has 0 unspecified atom stereocenters. The molecule has 0 aliphatic carbocycles. The van der Waals surface area contributed by atoms with E-state index < -0.39 is 17.3 Å². The molecule has 7 nitrogen and oxygen atoms in total. The van der Waals surface area contributed by atoms with Gasteiger partial charge in [-0.25, -0.2) is 9.36 Å². The Morgan fingerprint density at radius 3 is 2.48 bits per heavy atom. The van der Waals surface area contributed by atoms with E-state index >= 15 is 0 Å². The third-order valence-electron chi connectivity index (χ3n) is 6.13. The van der Waals surface area contributed by atoms with Crippen LogP contribution in [0.1, 0.15) is 34.0 Å². The first-order valence-electron chi connectivity index (χ1n) is 10.3. The van der Waals surface area contributed by atoms with Crippen LogP contribution < -0.4 is 11.2 Å². The van der Waals surface area contributed by atoms with Gasteiger partial charge in [0.05, 0.1) is 11.7 Å². The van der Waals surface area contributed by atoms with Crippen molar-refractivity contribution in [2.24, 2.45) is 0 Å². The van der Waals surface area contributed by atoms with Gasteiger partial charge in [-0.2, -0.15) is 0 Å². The smallest absolute Gasteiger partial charge is 0.335 e. The lowest BCUT2D eigenvalue weighted by Crippen LogP contribution is -2.39. The van der Waals surface area contributed by atoms with Crippen molar-refractivity contribution in [2.45, 2.75) is 26.3 Å². The fourth-order valence-corrected chi connectivity index (χ4v) is 4.83. The maximum Gasteiger partial charge on any atom is 0.335 e. The molecule has 0 bridgehead atoms. The number of aromatic amines is 2. The van der Waals surface area contributed by atoms with Crippen LogP contribution in [0, 0.1) is 13.8 Å². The van der Waals surface area contributed by atoms with Crippen LogP contribution in [0.4, 0.5) is 0 Å². The molecule has 1 atom stereocenters. The standard InChI is InChI=1S/C24H24N4O3/c1-13-10-14(2)12-15(11-13)28-23(30)19(22(29)26-24(28)31)21-20-17(8-9-27(21)3)16-6-4-5-7-18(16)25-20/h4-7,10-12,21,25,30H,8-9H2,1-3H3,(H,26,29,31)/t21-/m0/s1. The van der Waals surface area contributed by atoms with Gasteiger partial charge in [0.25, 0.3) is 5.56 Å². The molecule has 3 N–H and O–H groups in total. The van der Waals surface area contributed by atoms with Crippen molar-refractivity contribution in [2.75, 3.05) is 13.6 Å². The lowest BCUT2D eigenvalue weighted by molar-refractivity contribution is 0.252. The van der Waals surface area contributed by atoms with Crippen molar-refractivity contribution in [1.82, 2.24) is 19.4 Å². The number of aromatic hydroxyl groups is 1. The van der Waals surface area contributed by atoms with Crippen molar-refractivity contribution in [3.63, 3.8) is 0 Å². The van der Waals surface area contributed by atoms with E-state index in [1.165, 1.54) is 4.57 Å². The van der Waals surface area contributed by atoms with E-state index in [1.54, 1.807) is 0 Å². The third-order valence-corrected chi connectivity index (χ3v) is 6.13. The monoisotopic (exact) mass is 416 g/mol. The van der Waals surface area contributed by atoms with Gasteiger partial charge < -0.3 is 10.1 Å². The first-order valence-corrected chi connectivity index (χ1v) is 10.3. The normalized spacial score (nSPS) is 16.5. The molecule has 0 saturated carbocycles. The molecule has 0 amide bonds. The zero-order valence-corrected chi connectivity index (χ0v) is 17.7. The van der Waals surface area contributed by atoms with Crippen LogP contribution in [-0.4, -0.2) is 38.1 Å². The number of nitrogens with one attached hydrogen (secondary N) is 2. The Bertz CT molecular complexity index is 1420. The van der Waals surface area contributed by atoms with Crippen LogP contribution in [-0.2, 0) is 6.42 Å². The van der Waals surface area contributed by atoms with E-state index in [9.17, 15) is 14.7 Å². The van der Waals surface area contributed by atoms with Gasteiger partial charge in [0, 0.05) is 23.1 Å². The number of H-pyrrole nitrogens is 2. The maximum absolute atomic E-state index is 13.0. The highest BCUT2D eigenvalue weighted by molar-refractivity contribution is 5.85. The van der Waals surface area contributed by atoms with E-state index in [4.69, 9.17) is 0 Å². The summed E-state index contributed by atoms with van der Waals surface area (Å²) in [7, 11) is 1.92. The number of rotatable bonds is 2. The SMILES string of the molecule is Cc1cc(C)cc(-n2c(O)c([C@H]3c4[nH]c5ccccc5c4CCN3C)c(=O)[nH]c2=O)c1. The van der Waals surface area contributed by atoms with E-state index in [0.29, 0.717) is 5.69 Å². The minimum absolute atomic E-state index is 0.161. The number of nitrogens with zero attached hydrogens (tertiary/aromatic N) is 2. The summed E-state index contributed by atoms with van der Waals surface area (Å²) < 4.78 is 1.18. The van der Waals surface area contributed by atoms with Crippen LogP contribution in [0.15, 0.2) is 52.1 Å². The Morgan fingerprint density at radius 1 is 1.03 bits per heavy atom. The van der Waals surface area contributed by atoms with Crippen LogP contribution >= 0.6 is 0 Å². The van der Waals surface area contributed by atoms with Gasteiger partial charge in [0.15, 0.2) is 0 Å². The molecule has 0 spiro atoms. The van der Waals surface area contributed by atoms with E-state index in [2.05, 4.69) is 16.0 Å². The summed E-state index contributed by atoms with van der Waals surface area (Å²) in [5, 5.41) is 12.4. The van der Waals surface area contributed by atoms with Crippen molar-refractivity contribution in [3.8, 4) is 11.6 Å². The average Bonchev–Trinajstić information content (AvgIpc) is 3.07. The van der Waals surface area contributed by atoms with Gasteiger partial charge >= 0.3 is 5.69 Å². The summed E-state index contributed by atoms with van der Waals surface area (Å²) in [5.41, 5.74) is 4.37. The molecule has 2 aromatic carbocycles. The third kappa shape index (κ3) is 3.00. The fourth-order valence-electron chi connectivity index (χ4n) is 4.83. The first-order chi connectivity index (χ1) is 14.8. The molecule has 5 rings (SSSR count). The average molecular weight is 416 g/mol. The minimum Gasteiger partial charge on any atom is -0.494 e. The Balaban J connectivity index is 1.79. The Labute approximate surface area is 178 Å². The molecular formula is C24H24N4O3. The molecule has 7 heteroatoms. The van der Waals surface area contributed by atoms with Crippen molar-refractivity contribution >= 4 is 10.9 Å². The Kier molecular flexibility index (Phi) is 4.37. The summed E-state index contributed by atoms with van der Waals surface area (Å²) in [4.78, 5) is 33.6. The number of aromatic nitrogens is 3. The van der Waals surface area contributed by atoms with Crippen LogP contribution in [0.2, 0.25) is 0 Å².